The van der Waals surface area contributed by atoms with Crippen molar-refractivity contribution in [3.05, 3.63) is 12.3 Å². The highest BCUT2D eigenvalue weighted by Crippen LogP contribution is 2.20. The van der Waals surface area contributed by atoms with Crippen LogP contribution in [0, 0.1) is 0 Å². The first-order valence-corrected chi connectivity index (χ1v) is 5.73. The third-order valence-corrected chi connectivity index (χ3v) is 3.16. The van der Waals surface area contributed by atoms with Gasteiger partial charge in [-0.05, 0) is 6.42 Å². The molecular formula is C9H14N4S. The number of thioether (sulfide) groups is 1. The predicted octanol–water partition coefficient (Wildman–Crippen LogP) is 1.71. The zero-order valence-corrected chi connectivity index (χ0v) is 9.21. The Morgan fingerprint density at radius 3 is 3.14 bits per heavy atom. The number of aryl methyl sites for hydroxylation is 1. The van der Waals surface area contributed by atoms with Crippen LogP contribution in [0.25, 0.3) is 0 Å². The van der Waals surface area contributed by atoms with Crippen molar-refractivity contribution in [2.45, 2.75) is 19.4 Å². The highest BCUT2D eigenvalue weighted by Gasteiger charge is 2.16. The van der Waals surface area contributed by atoms with Crippen LogP contribution in [0.15, 0.2) is 17.3 Å². The molecule has 0 saturated heterocycles. The third kappa shape index (κ3) is 2.09. The molecule has 14 heavy (non-hydrogen) atoms. The molecule has 0 amide bonds. The molecule has 0 radical (unpaired) electrons. The summed E-state index contributed by atoms with van der Waals surface area (Å²) < 4.78 is 1.78. The van der Waals surface area contributed by atoms with Gasteiger partial charge in [0.05, 0.1) is 6.04 Å². The van der Waals surface area contributed by atoms with Crippen molar-refractivity contribution in [2.75, 3.05) is 11.1 Å². The Kier molecular flexibility index (Phi) is 2.77. The fourth-order valence-electron chi connectivity index (χ4n) is 1.28. The van der Waals surface area contributed by atoms with E-state index in [9.17, 15) is 0 Å². The number of hydrogen-bond donors (Lipinski definition) is 1. The average Bonchev–Trinajstić information content (AvgIpc) is 2.76. The molecule has 0 saturated carbocycles. The Morgan fingerprint density at radius 2 is 2.57 bits per heavy atom. The maximum Gasteiger partial charge on any atom is 0.162 e. The quantitative estimate of drug-likeness (QED) is 0.808. The fourth-order valence-corrected chi connectivity index (χ4v) is 2.35. The molecule has 0 bridgehead atoms. The van der Waals surface area contributed by atoms with Gasteiger partial charge in [0.1, 0.15) is 0 Å². The minimum Gasteiger partial charge on any atom is -0.318 e. The normalized spacial score (nSPS) is 21.0. The number of amidine groups is 1. The topological polar surface area (TPSA) is 42.2 Å². The first kappa shape index (κ1) is 9.58. The van der Waals surface area contributed by atoms with Gasteiger partial charge in [-0.2, -0.15) is 5.10 Å². The van der Waals surface area contributed by atoms with E-state index in [1.54, 1.807) is 16.4 Å². The average molecular weight is 210 g/mol. The first-order valence-electron chi connectivity index (χ1n) is 4.75. The Morgan fingerprint density at radius 1 is 1.71 bits per heavy atom. The summed E-state index contributed by atoms with van der Waals surface area (Å²) in [5.41, 5.74) is 0. The Hall–Kier alpha value is -0.970. The Labute approximate surface area is 87.8 Å². The van der Waals surface area contributed by atoms with Gasteiger partial charge in [0.2, 0.25) is 0 Å². The van der Waals surface area contributed by atoms with Gasteiger partial charge in [-0.1, -0.05) is 18.7 Å². The lowest BCUT2D eigenvalue weighted by molar-refractivity contribution is 0.737. The van der Waals surface area contributed by atoms with Crippen LogP contribution in [0.4, 0.5) is 5.82 Å². The van der Waals surface area contributed by atoms with Gasteiger partial charge >= 0.3 is 0 Å². The summed E-state index contributed by atoms with van der Waals surface area (Å²) in [6.07, 6.45) is 3.03. The van der Waals surface area contributed by atoms with Gasteiger partial charge < -0.3 is 5.32 Å². The second-order valence-corrected chi connectivity index (χ2v) is 4.32. The van der Waals surface area contributed by atoms with Crippen LogP contribution in [0.1, 0.15) is 13.3 Å². The minimum absolute atomic E-state index is 0.478. The van der Waals surface area contributed by atoms with Gasteiger partial charge in [0.25, 0.3) is 0 Å². The highest BCUT2D eigenvalue weighted by molar-refractivity contribution is 8.14. The molecule has 1 aromatic rings. The van der Waals surface area contributed by atoms with E-state index in [0.29, 0.717) is 6.04 Å². The van der Waals surface area contributed by atoms with Crippen molar-refractivity contribution in [3.63, 3.8) is 0 Å². The van der Waals surface area contributed by atoms with Crippen LogP contribution in [0.5, 0.6) is 0 Å². The summed E-state index contributed by atoms with van der Waals surface area (Å²) in [6, 6.07) is 2.42. The molecule has 2 heterocycles. The molecule has 1 aliphatic rings. The molecule has 0 aliphatic carbocycles. The van der Waals surface area contributed by atoms with E-state index in [0.717, 1.165) is 23.2 Å². The standard InChI is InChI=1S/C9H14N4S/c1-3-7-6-14-9(10-7)11-8-4-5-13(2)12-8/h4-5,7H,3,6H2,1-2H3,(H,10,11,12). The second-order valence-electron chi connectivity index (χ2n) is 3.31. The van der Waals surface area contributed by atoms with E-state index in [-0.39, 0.29) is 0 Å². The Balaban J connectivity index is 1.99. The van der Waals surface area contributed by atoms with Crippen molar-refractivity contribution in [1.29, 1.82) is 0 Å². The molecule has 76 valence electrons. The van der Waals surface area contributed by atoms with Gasteiger partial charge in [-0.15, -0.1) is 0 Å². The molecule has 5 heteroatoms. The summed E-state index contributed by atoms with van der Waals surface area (Å²) >= 11 is 1.77. The Bertz CT molecular complexity index is 344. The minimum atomic E-state index is 0.478. The zero-order chi connectivity index (χ0) is 9.97. The number of aromatic nitrogens is 2. The molecule has 4 nitrogen and oxygen atoms in total. The number of rotatable bonds is 2. The summed E-state index contributed by atoms with van der Waals surface area (Å²) in [5, 5.41) is 8.44. The van der Waals surface area contributed by atoms with E-state index in [2.05, 4.69) is 22.3 Å². The lowest BCUT2D eigenvalue weighted by atomic mass is 10.3. The predicted molar refractivity (Wildman–Crippen MR) is 60.8 cm³/mol. The molecule has 0 spiro atoms. The van der Waals surface area contributed by atoms with Gasteiger partial charge in [-0.25, -0.2) is 0 Å². The van der Waals surface area contributed by atoms with E-state index < -0.39 is 0 Å². The molecule has 0 aromatic carbocycles. The lowest BCUT2D eigenvalue weighted by Gasteiger charge is -1.99. The zero-order valence-electron chi connectivity index (χ0n) is 8.40. The molecular weight excluding hydrogens is 196 g/mol. The summed E-state index contributed by atoms with van der Waals surface area (Å²) in [5.74, 6) is 1.96. The van der Waals surface area contributed by atoms with E-state index in [1.165, 1.54) is 0 Å². The van der Waals surface area contributed by atoms with Gasteiger partial charge in [0, 0.05) is 25.1 Å². The van der Waals surface area contributed by atoms with E-state index in [4.69, 9.17) is 0 Å². The smallest absolute Gasteiger partial charge is 0.162 e. The molecule has 1 atom stereocenters. The molecule has 2 rings (SSSR count). The van der Waals surface area contributed by atoms with Crippen LogP contribution < -0.4 is 5.32 Å². The van der Waals surface area contributed by atoms with Gasteiger partial charge in [-0.3, -0.25) is 9.67 Å². The maximum absolute atomic E-state index is 4.53. The molecule has 1 aromatic heterocycles. The van der Waals surface area contributed by atoms with Crippen molar-refractivity contribution in [3.8, 4) is 0 Å². The van der Waals surface area contributed by atoms with Crippen LogP contribution in [-0.2, 0) is 7.05 Å². The number of nitrogens with zero attached hydrogens (tertiary/aromatic N) is 3. The van der Waals surface area contributed by atoms with Crippen molar-refractivity contribution >= 4 is 22.7 Å². The molecule has 0 fully saturated rings. The summed E-state index contributed by atoms with van der Waals surface area (Å²) in [4.78, 5) is 4.53. The highest BCUT2D eigenvalue weighted by atomic mass is 32.2. The monoisotopic (exact) mass is 210 g/mol. The summed E-state index contributed by atoms with van der Waals surface area (Å²) in [7, 11) is 1.91. The number of nitrogens with one attached hydrogen (secondary N) is 1. The number of anilines is 1. The van der Waals surface area contributed by atoms with E-state index in [1.807, 2.05) is 19.3 Å². The fraction of sp³-hybridized carbons (Fsp3) is 0.556. The largest absolute Gasteiger partial charge is 0.318 e. The second kappa shape index (κ2) is 4.04. The van der Waals surface area contributed by atoms with E-state index >= 15 is 0 Å². The van der Waals surface area contributed by atoms with Crippen molar-refractivity contribution < 1.29 is 0 Å². The van der Waals surface area contributed by atoms with Crippen LogP contribution >= 0.6 is 11.8 Å². The number of hydrogen-bond acceptors (Lipinski definition) is 4. The molecule has 1 unspecified atom stereocenters. The molecule has 1 aliphatic heterocycles. The van der Waals surface area contributed by atoms with Crippen LogP contribution in [0.2, 0.25) is 0 Å². The molecule has 1 N–H and O–H groups in total. The van der Waals surface area contributed by atoms with Crippen LogP contribution in [0.3, 0.4) is 0 Å². The summed E-state index contributed by atoms with van der Waals surface area (Å²) in [6.45, 7) is 2.17. The third-order valence-electron chi connectivity index (χ3n) is 2.13. The first-order chi connectivity index (χ1) is 6.78. The van der Waals surface area contributed by atoms with Crippen molar-refractivity contribution in [2.24, 2.45) is 12.0 Å². The van der Waals surface area contributed by atoms with Crippen LogP contribution in [-0.4, -0.2) is 26.7 Å². The maximum atomic E-state index is 4.53. The van der Waals surface area contributed by atoms with Gasteiger partial charge in [0.15, 0.2) is 11.0 Å². The SMILES string of the molecule is CCC1CSC(Nc2ccn(C)n2)=N1. The number of aliphatic imine (C=N–C) groups is 1. The van der Waals surface area contributed by atoms with Crippen molar-refractivity contribution in [1.82, 2.24) is 9.78 Å². The lowest BCUT2D eigenvalue weighted by Crippen LogP contribution is -2.06.